The Kier molecular flexibility index (Phi) is 2.82. The summed E-state index contributed by atoms with van der Waals surface area (Å²) in [6, 6.07) is 0. The van der Waals surface area contributed by atoms with Gasteiger partial charge in [-0.25, -0.2) is 4.39 Å². The number of halogens is 1. The Morgan fingerprint density at radius 3 is 2.73 bits per heavy atom. The summed E-state index contributed by atoms with van der Waals surface area (Å²) >= 11 is 1.83. The van der Waals surface area contributed by atoms with Crippen LogP contribution in [0.4, 0.5) is 4.39 Å². The van der Waals surface area contributed by atoms with Crippen molar-refractivity contribution < 1.29 is 9.18 Å². The third kappa shape index (κ3) is 1.80. The first kappa shape index (κ1) is 10.7. The van der Waals surface area contributed by atoms with Gasteiger partial charge >= 0.3 is 0 Å². The smallest absolute Gasteiger partial charge is 0.161 e. The number of aromatic nitrogens is 2. The van der Waals surface area contributed by atoms with Crippen molar-refractivity contribution in [2.24, 2.45) is 0 Å². The molecule has 3 nitrogen and oxygen atoms in total. The zero-order valence-corrected chi connectivity index (χ0v) is 9.39. The van der Waals surface area contributed by atoms with Crippen molar-refractivity contribution in [3.63, 3.8) is 0 Å². The topological polar surface area (TPSA) is 34.9 Å². The van der Waals surface area contributed by atoms with Gasteiger partial charge in [-0.05, 0) is 31.3 Å². The maximum atomic E-state index is 12.9. The lowest BCUT2D eigenvalue weighted by atomic mass is 9.88. The molecule has 0 radical (unpaired) electrons. The monoisotopic (exact) mass is 228 g/mol. The summed E-state index contributed by atoms with van der Waals surface area (Å²) in [6.07, 6.45) is 3.96. The van der Waals surface area contributed by atoms with Gasteiger partial charge in [-0.2, -0.15) is 16.9 Å². The van der Waals surface area contributed by atoms with Crippen LogP contribution in [0.15, 0.2) is 12.4 Å². The highest BCUT2D eigenvalue weighted by molar-refractivity contribution is 7.99. The molecule has 0 saturated carbocycles. The lowest BCUT2D eigenvalue weighted by molar-refractivity contribution is -0.126. The molecule has 0 bridgehead atoms. The van der Waals surface area contributed by atoms with Crippen molar-refractivity contribution in [2.75, 3.05) is 11.5 Å². The lowest BCUT2D eigenvalue weighted by Gasteiger charge is -2.34. The molecular weight excluding hydrogens is 215 g/mol. The molecule has 1 fully saturated rings. The van der Waals surface area contributed by atoms with Gasteiger partial charge in [-0.3, -0.25) is 9.48 Å². The first-order valence-corrected chi connectivity index (χ1v) is 6.10. The zero-order valence-electron chi connectivity index (χ0n) is 8.57. The largest absolute Gasteiger partial charge is 0.297 e. The van der Waals surface area contributed by atoms with Crippen LogP contribution in [0.2, 0.25) is 0 Å². The molecule has 2 rings (SSSR count). The van der Waals surface area contributed by atoms with Crippen molar-refractivity contribution in [2.45, 2.75) is 25.3 Å². The molecule has 0 aromatic carbocycles. The van der Waals surface area contributed by atoms with E-state index in [1.165, 1.54) is 10.9 Å². The predicted molar refractivity (Wildman–Crippen MR) is 57.4 cm³/mol. The predicted octanol–water partition coefficient (Wildman–Crippen LogP) is 1.83. The molecule has 5 heteroatoms. The van der Waals surface area contributed by atoms with E-state index in [0.717, 1.165) is 30.5 Å². The Labute approximate surface area is 92.0 Å². The van der Waals surface area contributed by atoms with Crippen LogP contribution < -0.4 is 0 Å². The van der Waals surface area contributed by atoms with E-state index >= 15 is 0 Å². The maximum Gasteiger partial charge on any atom is 0.161 e. The Bertz CT molecular complexity index is 371. The highest BCUT2D eigenvalue weighted by atomic mass is 32.2. The summed E-state index contributed by atoms with van der Waals surface area (Å²) in [5, 5.41) is 3.94. The first-order chi connectivity index (χ1) is 7.15. The summed E-state index contributed by atoms with van der Waals surface area (Å²) in [4.78, 5) is 11.7. The Morgan fingerprint density at radius 2 is 2.27 bits per heavy atom. The third-order valence-corrected chi connectivity index (χ3v) is 3.95. The second-order valence-corrected chi connectivity index (χ2v) is 5.03. The fourth-order valence-electron chi connectivity index (χ4n) is 1.99. The van der Waals surface area contributed by atoms with Gasteiger partial charge in [0.25, 0.3) is 0 Å². The molecule has 0 N–H and O–H groups in total. The van der Waals surface area contributed by atoms with Gasteiger partial charge in [0.1, 0.15) is 5.54 Å². The summed E-state index contributed by atoms with van der Waals surface area (Å²) < 4.78 is 14.4. The molecule has 0 aliphatic carbocycles. The van der Waals surface area contributed by atoms with Gasteiger partial charge in [0, 0.05) is 0 Å². The highest BCUT2D eigenvalue weighted by Crippen LogP contribution is 2.34. The summed E-state index contributed by atoms with van der Waals surface area (Å²) in [5.74, 6) is 1.56. The Hall–Kier alpha value is -0.840. The van der Waals surface area contributed by atoms with E-state index in [1.807, 2.05) is 11.8 Å². The summed E-state index contributed by atoms with van der Waals surface area (Å²) in [5.41, 5.74) is -0.602. The summed E-state index contributed by atoms with van der Waals surface area (Å²) in [6.45, 7) is 1.57. The quantitative estimate of drug-likeness (QED) is 0.774. The molecular formula is C10H13FN2OS. The van der Waals surface area contributed by atoms with E-state index in [4.69, 9.17) is 0 Å². The first-order valence-electron chi connectivity index (χ1n) is 4.94. The molecule has 82 valence electrons. The highest BCUT2D eigenvalue weighted by Gasteiger charge is 2.39. The second-order valence-electron chi connectivity index (χ2n) is 3.80. The van der Waals surface area contributed by atoms with Crippen molar-refractivity contribution >= 4 is 17.5 Å². The molecule has 15 heavy (non-hydrogen) atoms. The number of hydrogen-bond acceptors (Lipinski definition) is 3. The molecule has 1 aliphatic heterocycles. The molecule has 0 unspecified atom stereocenters. The number of rotatable bonds is 2. The van der Waals surface area contributed by atoms with Crippen LogP contribution >= 0.6 is 11.8 Å². The van der Waals surface area contributed by atoms with E-state index in [-0.39, 0.29) is 11.6 Å². The molecule has 1 saturated heterocycles. The Balaban J connectivity index is 2.37. The van der Waals surface area contributed by atoms with Crippen LogP contribution in [-0.4, -0.2) is 27.1 Å². The van der Waals surface area contributed by atoms with Crippen LogP contribution in [0, 0.1) is 5.82 Å². The van der Waals surface area contributed by atoms with Crippen LogP contribution in [-0.2, 0) is 10.3 Å². The summed E-state index contributed by atoms with van der Waals surface area (Å²) in [7, 11) is 0. The standard InChI is InChI=1S/C10H13FN2OS/c1-8(14)10(2-4-15-5-3-10)13-7-9(11)6-12-13/h6-7H,2-5H2,1H3. The number of hydrogen-bond donors (Lipinski definition) is 0. The van der Waals surface area contributed by atoms with E-state index in [1.54, 1.807) is 6.92 Å². The maximum absolute atomic E-state index is 12.9. The van der Waals surface area contributed by atoms with Crippen molar-refractivity contribution in [1.82, 2.24) is 9.78 Å². The van der Waals surface area contributed by atoms with E-state index in [2.05, 4.69) is 5.10 Å². The number of thioether (sulfide) groups is 1. The third-order valence-electron chi connectivity index (χ3n) is 2.96. The van der Waals surface area contributed by atoms with Crippen LogP contribution in [0.3, 0.4) is 0 Å². The minimum atomic E-state index is -0.602. The van der Waals surface area contributed by atoms with Gasteiger partial charge in [-0.1, -0.05) is 0 Å². The number of nitrogens with zero attached hydrogens (tertiary/aromatic N) is 2. The lowest BCUT2D eigenvalue weighted by Crippen LogP contribution is -2.44. The van der Waals surface area contributed by atoms with E-state index < -0.39 is 5.54 Å². The van der Waals surface area contributed by atoms with Gasteiger partial charge in [0.2, 0.25) is 0 Å². The zero-order chi connectivity index (χ0) is 10.9. The molecule has 0 spiro atoms. The van der Waals surface area contributed by atoms with Gasteiger partial charge in [0.05, 0.1) is 12.4 Å². The normalized spacial score (nSPS) is 20.1. The van der Waals surface area contributed by atoms with Crippen LogP contribution in [0.1, 0.15) is 19.8 Å². The average molecular weight is 228 g/mol. The SMILES string of the molecule is CC(=O)C1(n2cc(F)cn2)CCSCC1. The van der Waals surface area contributed by atoms with Crippen molar-refractivity contribution in [1.29, 1.82) is 0 Å². The number of carbonyl (C=O) groups is 1. The fraction of sp³-hybridized carbons (Fsp3) is 0.600. The minimum absolute atomic E-state index is 0.0749. The van der Waals surface area contributed by atoms with Crippen molar-refractivity contribution in [3.8, 4) is 0 Å². The van der Waals surface area contributed by atoms with E-state index in [9.17, 15) is 9.18 Å². The van der Waals surface area contributed by atoms with Crippen molar-refractivity contribution in [3.05, 3.63) is 18.2 Å². The van der Waals surface area contributed by atoms with Gasteiger partial charge in [0.15, 0.2) is 11.6 Å². The fourth-order valence-corrected chi connectivity index (χ4v) is 3.15. The van der Waals surface area contributed by atoms with Crippen LogP contribution in [0.25, 0.3) is 0 Å². The molecule has 0 amide bonds. The molecule has 2 heterocycles. The number of carbonyl (C=O) groups excluding carboxylic acids is 1. The van der Waals surface area contributed by atoms with Gasteiger partial charge < -0.3 is 0 Å². The Morgan fingerprint density at radius 1 is 1.60 bits per heavy atom. The number of ketones is 1. The van der Waals surface area contributed by atoms with E-state index in [0.29, 0.717) is 0 Å². The van der Waals surface area contributed by atoms with Crippen LogP contribution in [0.5, 0.6) is 0 Å². The second kappa shape index (κ2) is 3.96. The minimum Gasteiger partial charge on any atom is -0.297 e. The van der Waals surface area contributed by atoms with Gasteiger partial charge in [-0.15, -0.1) is 0 Å². The molecule has 1 aromatic heterocycles. The number of Topliss-reactive ketones (excluding diaryl/α,β-unsaturated/α-hetero) is 1. The molecule has 1 aliphatic rings. The molecule has 0 atom stereocenters. The molecule has 1 aromatic rings. The average Bonchev–Trinajstić information content (AvgIpc) is 2.66.